The lowest BCUT2D eigenvalue weighted by Gasteiger charge is -2.30. The smallest absolute Gasteiger partial charge is 0.323 e. The topological polar surface area (TPSA) is 80.8 Å². The highest BCUT2D eigenvalue weighted by atomic mass is 35.5. The summed E-state index contributed by atoms with van der Waals surface area (Å²) in [5.41, 5.74) is 0.302. The van der Waals surface area contributed by atoms with Crippen molar-refractivity contribution < 1.29 is 22.7 Å². The van der Waals surface area contributed by atoms with Crippen LogP contribution in [0.3, 0.4) is 0 Å². The van der Waals surface area contributed by atoms with Gasteiger partial charge in [0.15, 0.2) is 5.92 Å². The number of hydrogen-bond donors (Lipinski definition) is 0. The van der Waals surface area contributed by atoms with Gasteiger partial charge in [-0.3, -0.25) is 9.59 Å². The van der Waals surface area contributed by atoms with Gasteiger partial charge in [-0.25, -0.2) is 4.31 Å². The van der Waals surface area contributed by atoms with Gasteiger partial charge in [-0.1, -0.05) is 11.6 Å². The Morgan fingerprint density at radius 1 is 1.32 bits per heavy atom. The minimum Gasteiger partial charge on any atom is -0.465 e. The number of halogens is 1. The molecule has 0 bridgehead atoms. The minimum absolute atomic E-state index is 0.0161. The molecule has 0 fully saturated rings. The fourth-order valence-corrected chi connectivity index (χ4v) is 5.98. The zero-order valence-electron chi connectivity index (χ0n) is 13.4. The van der Waals surface area contributed by atoms with Crippen molar-refractivity contribution in [3.63, 3.8) is 0 Å². The van der Waals surface area contributed by atoms with Crippen molar-refractivity contribution in [3.05, 3.63) is 45.8 Å². The number of anilines is 1. The van der Waals surface area contributed by atoms with Gasteiger partial charge >= 0.3 is 5.97 Å². The Hall–Kier alpha value is -1.90. The van der Waals surface area contributed by atoms with E-state index in [0.717, 1.165) is 11.3 Å². The Labute approximate surface area is 154 Å². The third kappa shape index (κ3) is 2.94. The molecule has 0 spiro atoms. The lowest BCUT2D eigenvalue weighted by molar-refractivity contribution is -0.147. The number of carbonyl (C=O) groups is 2. The van der Waals surface area contributed by atoms with Gasteiger partial charge in [-0.05, 0) is 44.2 Å². The van der Waals surface area contributed by atoms with Crippen LogP contribution >= 0.6 is 22.9 Å². The van der Waals surface area contributed by atoms with Gasteiger partial charge in [0, 0.05) is 15.5 Å². The Kier molecular flexibility index (Phi) is 4.61. The molecule has 9 heteroatoms. The first-order chi connectivity index (χ1) is 11.8. The van der Waals surface area contributed by atoms with Crippen molar-refractivity contribution in [2.75, 3.05) is 10.9 Å². The number of aryl methyl sites for hydroxylation is 1. The van der Waals surface area contributed by atoms with Gasteiger partial charge in [0.05, 0.1) is 12.3 Å². The quantitative estimate of drug-likeness (QED) is 0.585. The van der Waals surface area contributed by atoms with Crippen molar-refractivity contribution in [2.24, 2.45) is 0 Å². The van der Waals surface area contributed by atoms with E-state index in [1.54, 1.807) is 19.9 Å². The summed E-state index contributed by atoms with van der Waals surface area (Å²) >= 11 is 6.86. The summed E-state index contributed by atoms with van der Waals surface area (Å²) in [5.74, 6) is -2.93. The molecule has 0 radical (unpaired) electrons. The summed E-state index contributed by atoms with van der Waals surface area (Å²) in [6.07, 6.45) is 0. The molecule has 25 heavy (non-hydrogen) atoms. The van der Waals surface area contributed by atoms with Crippen molar-refractivity contribution in [2.45, 2.75) is 24.0 Å². The summed E-state index contributed by atoms with van der Waals surface area (Å²) in [5, 5.41) is 0.403. The molecule has 1 aliphatic rings. The Morgan fingerprint density at radius 2 is 1.96 bits per heavy atom. The van der Waals surface area contributed by atoms with Crippen LogP contribution in [-0.4, -0.2) is 26.9 Å². The maximum Gasteiger partial charge on any atom is 0.323 e. The highest BCUT2D eigenvalue weighted by molar-refractivity contribution is 7.95. The number of fused-ring (bicyclic) bond motifs is 1. The second kappa shape index (κ2) is 6.44. The predicted molar refractivity (Wildman–Crippen MR) is 94.6 cm³/mol. The van der Waals surface area contributed by atoms with E-state index in [-0.39, 0.29) is 22.1 Å². The highest BCUT2D eigenvalue weighted by Gasteiger charge is 2.49. The predicted octanol–water partition coefficient (Wildman–Crippen LogP) is 3.09. The fourth-order valence-electron chi connectivity index (χ4n) is 2.66. The molecular weight excluding hydrogens is 386 g/mol. The first-order valence-corrected chi connectivity index (χ1v) is 10.0. The van der Waals surface area contributed by atoms with Crippen molar-refractivity contribution in [1.29, 1.82) is 0 Å². The number of thiophene rings is 1. The molecule has 1 aromatic heterocycles. The Morgan fingerprint density at radius 3 is 2.56 bits per heavy atom. The van der Waals surface area contributed by atoms with Crippen LogP contribution in [0.4, 0.5) is 5.69 Å². The molecule has 3 rings (SSSR count). The molecule has 0 saturated heterocycles. The first-order valence-electron chi connectivity index (χ1n) is 7.39. The molecule has 1 amide bonds. The highest BCUT2D eigenvalue weighted by Crippen LogP contribution is 2.42. The van der Waals surface area contributed by atoms with Crippen LogP contribution in [0, 0.1) is 6.92 Å². The number of sulfonamides is 1. The van der Waals surface area contributed by atoms with Gasteiger partial charge < -0.3 is 4.74 Å². The number of nitrogens with zero attached hydrogens (tertiary/aromatic N) is 1. The number of hydrogen-bond acceptors (Lipinski definition) is 6. The molecular formula is C16H14ClNO5S2. The number of amides is 1. The third-order valence-corrected chi connectivity index (χ3v) is 7.23. The van der Waals surface area contributed by atoms with Crippen LogP contribution in [0.15, 0.2) is 34.5 Å². The zero-order chi connectivity index (χ0) is 18.4. The van der Waals surface area contributed by atoms with Gasteiger partial charge in [-0.15, -0.1) is 11.3 Å². The van der Waals surface area contributed by atoms with E-state index in [9.17, 15) is 18.0 Å². The van der Waals surface area contributed by atoms with E-state index >= 15 is 0 Å². The van der Waals surface area contributed by atoms with Crippen molar-refractivity contribution >= 4 is 50.5 Å². The summed E-state index contributed by atoms with van der Waals surface area (Å²) in [7, 11) is -4.11. The molecule has 1 unspecified atom stereocenters. The SMILES string of the molecule is CCOC(=O)C1C(=O)N(c2ccc(Cl)cc2)S(=O)(=O)c2sc(C)cc21. The molecule has 0 aliphatic carbocycles. The molecule has 1 aliphatic heterocycles. The molecule has 0 N–H and O–H groups in total. The monoisotopic (exact) mass is 399 g/mol. The van der Waals surface area contributed by atoms with E-state index in [0.29, 0.717) is 14.2 Å². The lowest BCUT2D eigenvalue weighted by atomic mass is 10.0. The van der Waals surface area contributed by atoms with Crippen molar-refractivity contribution in [3.8, 4) is 0 Å². The molecule has 1 atom stereocenters. The second-order valence-corrected chi connectivity index (χ2v) is 9.04. The standard InChI is InChI=1S/C16H14ClNO5S2/c1-3-23-15(20)13-12-8-9(2)24-16(12)25(21,22)18(14(13)19)11-6-4-10(17)5-7-11/h4-8,13H,3H2,1-2H3. The number of esters is 1. The van der Waals surface area contributed by atoms with Gasteiger partial charge in [0.2, 0.25) is 0 Å². The van der Waals surface area contributed by atoms with E-state index in [1.165, 1.54) is 24.3 Å². The van der Waals surface area contributed by atoms with Gasteiger partial charge in [-0.2, -0.15) is 8.42 Å². The molecule has 2 heterocycles. The minimum atomic E-state index is -4.11. The van der Waals surface area contributed by atoms with Crippen molar-refractivity contribution in [1.82, 2.24) is 0 Å². The molecule has 1 aromatic carbocycles. The average molecular weight is 400 g/mol. The van der Waals surface area contributed by atoms with E-state index in [1.807, 2.05) is 0 Å². The molecule has 2 aromatic rings. The number of benzene rings is 1. The number of carbonyl (C=O) groups excluding carboxylic acids is 2. The Balaban J connectivity index is 2.22. The summed E-state index contributed by atoms with van der Waals surface area (Å²) < 4.78 is 31.6. The zero-order valence-corrected chi connectivity index (χ0v) is 15.7. The van der Waals surface area contributed by atoms with E-state index < -0.39 is 27.8 Å². The number of rotatable bonds is 3. The maximum absolute atomic E-state index is 13.0. The molecule has 0 saturated carbocycles. The van der Waals surface area contributed by atoms with Gasteiger partial charge in [0.25, 0.3) is 15.9 Å². The van der Waals surface area contributed by atoms with E-state index in [4.69, 9.17) is 16.3 Å². The van der Waals surface area contributed by atoms with E-state index in [2.05, 4.69) is 0 Å². The molecule has 6 nitrogen and oxygen atoms in total. The van der Waals surface area contributed by atoms with Crippen LogP contribution < -0.4 is 4.31 Å². The lowest BCUT2D eigenvalue weighted by Crippen LogP contribution is -2.46. The first kappa shape index (κ1) is 17.9. The number of ether oxygens (including phenoxy) is 1. The fraction of sp³-hybridized carbons (Fsp3) is 0.250. The summed E-state index contributed by atoms with van der Waals surface area (Å²) in [4.78, 5) is 26.0. The Bertz CT molecular complexity index is 949. The average Bonchev–Trinajstić information content (AvgIpc) is 2.92. The van der Waals surface area contributed by atoms with Crippen LogP contribution in [0.5, 0.6) is 0 Å². The molecule has 132 valence electrons. The second-order valence-electron chi connectivity index (χ2n) is 5.37. The summed E-state index contributed by atoms with van der Waals surface area (Å²) in [6.45, 7) is 3.44. The van der Waals surface area contributed by atoms with Gasteiger partial charge in [0.1, 0.15) is 4.21 Å². The van der Waals surface area contributed by atoms with Crippen LogP contribution in [-0.2, 0) is 24.3 Å². The largest absolute Gasteiger partial charge is 0.465 e. The van der Waals surface area contributed by atoms with Crippen LogP contribution in [0.1, 0.15) is 23.3 Å². The third-order valence-electron chi connectivity index (χ3n) is 3.66. The normalized spacial score (nSPS) is 18.8. The van der Waals surface area contributed by atoms with Crippen LogP contribution in [0.2, 0.25) is 5.02 Å². The maximum atomic E-state index is 13.0. The summed E-state index contributed by atoms with van der Waals surface area (Å²) in [6, 6.07) is 7.36. The van der Waals surface area contributed by atoms with Crippen LogP contribution in [0.25, 0.3) is 0 Å².